The van der Waals surface area contributed by atoms with E-state index in [0.29, 0.717) is 36.0 Å². The molecule has 1 aliphatic rings. The van der Waals surface area contributed by atoms with Crippen molar-refractivity contribution >= 4 is 46.3 Å². The summed E-state index contributed by atoms with van der Waals surface area (Å²) in [6.45, 7) is 1.74. The summed E-state index contributed by atoms with van der Waals surface area (Å²) in [7, 11) is 1.20. The fourth-order valence-corrected chi connectivity index (χ4v) is 5.98. The Kier molecular flexibility index (Phi) is 7.29. The van der Waals surface area contributed by atoms with Crippen molar-refractivity contribution in [3.8, 4) is 0 Å². The van der Waals surface area contributed by atoms with E-state index in [4.69, 9.17) is 27.9 Å². The lowest BCUT2D eigenvalue weighted by atomic mass is 9.85. The average molecular weight is 509 g/mol. The zero-order valence-electron chi connectivity index (χ0n) is 17.4. The Balaban J connectivity index is 2.07. The molecule has 174 valence electrons. The third kappa shape index (κ3) is 4.42. The summed E-state index contributed by atoms with van der Waals surface area (Å²) in [5, 5.41) is 10.7. The van der Waals surface area contributed by atoms with Crippen LogP contribution in [-0.4, -0.2) is 30.1 Å². The number of esters is 1. The van der Waals surface area contributed by atoms with Crippen LogP contribution in [0.25, 0.3) is 0 Å². The van der Waals surface area contributed by atoms with Crippen LogP contribution in [0.5, 0.6) is 0 Å². The van der Waals surface area contributed by atoms with Crippen molar-refractivity contribution in [2.45, 2.75) is 57.2 Å². The molecule has 3 rings (SSSR count). The maximum absolute atomic E-state index is 14.1. The van der Waals surface area contributed by atoms with Gasteiger partial charge in [0.2, 0.25) is 0 Å². The van der Waals surface area contributed by atoms with Crippen LogP contribution in [0.2, 0.25) is 10.0 Å². The molecule has 1 N–H and O–H groups in total. The van der Waals surface area contributed by atoms with Gasteiger partial charge in [0.1, 0.15) is 4.88 Å². The first kappa shape index (κ1) is 25.0. The summed E-state index contributed by atoms with van der Waals surface area (Å²) < 4.78 is 47.0. The van der Waals surface area contributed by atoms with E-state index in [1.165, 1.54) is 7.11 Å². The topological polar surface area (TPSA) is 63.6 Å². The van der Waals surface area contributed by atoms with Crippen LogP contribution in [0.1, 0.15) is 67.8 Å². The zero-order chi connectivity index (χ0) is 23.8. The van der Waals surface area contributed by atoms with E-state index in [9.17, 15) is 27.9 Å². The first-order valence-corrected chi connectivity index (χ1v) is 11.5. The Hall–Kier alpha value is -1.61. The number of alkyl halides is 3. The minimum atomic E-state index is -5.18. The quantitative estimate of drug-likeness (QED) is 0.367. The average Bonchev–Trinajstić information content (AvgIpc) is 3.12. The van der Waals surface area contributed by atoms with Crippen LogP contribution in [0.3, 0.4) is 0 Å². The fraction of sp³-hybridized carbons (Fsp3) is 0.455. The van der Waals surface area contributed by atoms with Crippen molar-refractivity contribution in [1.29, 1.82) is 0 Å². The summed E-state index contributed by atoms with van der Waals surface area (Å²) in [5.41, 5.74) is -2.45. The lowest BCUT2D eigenvalue weighted by Gasteiger charge is -2.31. The van der Waals surface area contributed by atoms with Crippen molar-refractivity contribution in [3.63, 3.8) is 0 Å². The molecule has 1 unspecified atom stereocenters. The lowest BCUT2D eigenvalue weighted by molar-refractivity contribution is -0.264. The number of halogens is 5. The van der Waals surface area contributed by atoms with Crippen LogP contribution < -0.4 is 0 Å². The van der Waals surface area contributed by atoms with Gasteiger partial charge in [-0.2, -0.15) is 13.2 Å². The van der Waals surface area contributed by atoms with Crippen molar-refractivity contribution in [2.75, 3.05) is 7.11 Å². The van der Waals surface area contributed by atoms with Crippen molar-refractivity contribution in [3.05, 3.63) is 54.2 Å². The highest BCUT2D eigenvalue weighted by Crippen LogP contribution is 2.46. The summed E-state index contributed by atoms with van der Waals surface area (Å²) in [5.74, 6) is -1.54. The molecule has 1 atom stereocenters. The summed E-state index contributed by atoms with van der Waals surface area (Å²) in [6, 6.07) is 1.99. The minimum Gasteiger partial charge on any atom is -0.465 e. The van der Waals surface area contributed by atoms with Gasteiger partial charge in [-0.3, -0.25) is 4.79 Å². The summed E-state index contributed by atoms with van der Waals surface area (Å²) in [4.78, 5) is 25.5. The molecule has 0 bridgehead atoms. The molecule has 0 amide bonds. The summed E-state index contributed by atoms with van der Waals surface area (Å²) >= 11 is 13.0. The molecule has 1 heterocycles. The van der Waals surface area contributed by atoms with Gasteiger partial charge >= 0.3 is 12.1 Å². The highest BCUT2D eigenvalue weighted by molar-refractivity contribution is 7.16. The number of rotatable bonds is 6. The SMILES string of the molecule is CCc1c(Cl)cc(C(O)(CC(=O)c2sc(C(=O)OC)c3c2CCCC3)C(F)(F)F)cc1Cl. The van der Waals surface area contributed by atoms with Crippen LogP contribution in [0.15, 0.2) is 12.1 Å². The number of carbonyl (C=O) groups is 2. The third-order valence-corrected chi connectivity index (χ3v) is 7.67. The van der Waals surface area contributed by atoms with Gasteiger partial charge in [-0.05, 0) is 66.5 Å². The Morgan fingerprint density at radius 1 is 1.09 bits per heavy atom. The molecular weight excluding hydrogens is 488 g/mol. The molecule has 0 fully saturated rings. The van der Waals surface area contributed by atoms with Gasteiger partial charge < -0.3 is 9.84 Å². The Morgan fingerprint density at radius 2 is 1.62 bits per heavy atom. The molecule has 0 saturated heterocycles. The van der Waals surface area contributed by atoms with E-state index in [2.05, 4.69) is 0 Å². The molecule has 2 aromatic rings. The molecule has 1 aromatic carbocycles. The number of Topliss-reactive ketones (excluding diaryl/α,β-unsaturated/α-hetero) is 1. The normalized spacial score (nSPS) is 15.8. The second-order valence-corrected chi connectivity index (χ2v) is 9.48. The molecule has 32 heavy (non-hydrogen) atoms. The van der Waals surface area contributed by atoms with Gasteiger partial charge in [0, 0.05) is 10.0 Å². The number of aliphatic hydroxyl groups is 1. The molecule has 4 nitrogen and oxygen atoms in total. The summed E-state index contributed by atoms with van der Waals surface area (Å²) in [6.07, 6.45) is -3.49. The van der Waals surface area contributed by atoms with Crippen molar-refractivity contribution in [1.82, 2.24) is 0 Å². The highest BCUT2D eigenvalue weighted by atomic mass is 35.5. The number of hydrogen-bond acceptors (Lipinski definition) is 5. The maximum Gasteiger partial charge on any atom is 0.421 e. The van der Waals surface area contributed by atoms with Crippen molar-refractivity contribution in [2.24, 2.45) is 0 Å². The maximum atomic E-state index is 14.1. The number of ketones is 1. The molecule has 1 aliphatic carbocycles. The third-order valence-electron chi connectivity index (χ3n) is 5.70. The highest BCUT2D eigenvalue weighted by Gasteiger charge is 2.56. The van der Waals surface area contributed by atoms with Gasteiger partial charge in [0.15, 0.2) is 11.4 Å². The van der Waals surface area contributed by atoms with Gasteiger partial charge in [0.25, 0.3) is 0 Å². The minimum absolute atomic E-state index is 0.0217. The van der Waals surface area contributed by atoms with E-state index >= 15 is 0 Å². The second kappa shape index (κ2) is 9.33. The van der Waals surface area contributed by atoms with E-state index < -0.39 is 35.5 Å². The van der Waals surface area contributed by atoms with E-state index in [1.807, 2.05) is 0 Å². The number of methoxy groups -OCH3 is 1. The molecular formula is C22H21Cl2F3O4S. The molecule has 0 spiro atoms. The number of fused-ring (bicyclic) bond motifs is 1. The standard InChI is InChI=1S/C22H21Cl2F3O4S/c1-3-12-15(23)8-11(9-16(12)24)21(30,22(25,26)27)10-17(28)18-13-6-4-5-7-14(13)19(32-18)20(29)31-2/h8-9,30H,3-7,10H2,1-2H3. The zero-order valence-corrected chi connectivity index (χ0v) is 19.7. The van der Waals surface area contributed by atoms with Crippen LogP contribution >= 0.6 is 34.5 Å². The number of benzene rings is 1. The Labute approximate surface area is 197 Å². The van der Waals surface area contributed by atoms with E-state index in [-0.39, 0.29) is 19.8 Å². The molecule has 10 heteroatoms. The van der Waals surface area contributed by atoms with Gasteiger partial charge in [-0.15, -0.1) is 11.3 Å². The lowest BCUT2D eigenvalue weighted by Crippen LogP contribution is -2.44. The van der Waals surface area contributed by atoms with Crippen molar-refractivity contribution < 1.29 is 32.6 Å². The molecule has 0 saturated carbocycles. The number of hydrogen-bond donors (Lipinski definition) is 1. The predicted molar refractivity (Wildman–Crippen MR) is 117 cm³/mol. The predicted octanol–water partition coefficient (Wildman–Crippen LogP) is 6.31. The first-order chi connectivity index (χ1) is 14.9. The number of thiophene rings is 1. The van der Waals surface area contributed by atoms with E-state index in [0.717, 1.165) is 36.3 Å². The van der Waals surface area contributed by atoms with Gasteiger partial charge in [-0.25, -0.2) is 4.79 Å². The first-order valence-electron chi connectivity index (χ1n) is 9.98. The molecule has 0 radical (unpaired) electrons. The smallest absolute Gasteiger partial charge is 0.421 e. The van der Waals surface area contributed by atoms with Gasteiger partial charge in [0.05, 0.1) is 18.4 Å². The van der Waals surface area contributed by atoms with Gasteiger partial charge in [-0.1, -0.05) is 30.1 Å². The monoisotopic (exact) mass is 508 g/mol. The van der Waals surface area contributed by atoms with Crippen LogP contribution in [0, 0.1) is 0 Å². The molecule has 0 aliphatic heterocycles. The largest absolute Gasteiger partial charge is 0.465 e. The van der Waals surface area contributed by atoms with Crippen LogP contribution in [-0.2, 0) is 29.6 Å². The Morgan fingerprint density at radius 3 is 2.09 bits per heavy atom. The number of carbonyl (C=O) groups excluding carboxylic acids is 2. The molecule has 1 aromatic heterocycles. The second-order valence-electron chi connectivity index (χ2n) is 7.65. The van der Waals surface area contributed by atoms with E-state index in [1.54, 1.807) is 6.92 Å². The number of ether oxygens (including phenoxy) is 1. The Bertz CT molecular complexity index is 1040. The fourth-order valence-electron chi connectivity index (χ4n) is 3.97. The van der Waals surface area contributed by atoms with Crippen LogP contribution in [0.4, 0.5) is 13.2 Å².